The van der Waals surface area contributed by atoms with E-state index in [1.54, 1.807) is 12.1 Å². The molecule has 0 saturated heterocycles. The minimum atomic E-state index is -0.785. The molecule has 0 aliphatic rings. The van der Waals surface area contributed by atoms with Gasteiger partial charge < -0.3 is 0 Å². The third kappa shape index (κ3) is 1.92. The van der Waals surface area contributed by atoms with Crippen LogP contribution >= 0.6 is 0 Å². The van der Waals surface area contributed by atoms with Crippen molar-refractivity contribution in [1.29, 1.82) is 0 Å². The minimum Gasteiger partial charge on any atom is -0.203 e. The molecule has 0 N–H and O–H groups in total. The summed E-state index contributed by atoms with van der Waals surface area (Å²) in [6, 6.07) is 27.2. The maximum absolute atomic E-state index is 15.1. The highest BCUT2D eigenvalue weighted by Gasteiger charge is 2.19. The molecule has 0 unspecified atom stereocenters. The van der Waals surface area contributed by atoms with Crippen LogP contribution in [0.25, 0.3) is 53.9 Å². The molecule has 0 amide bonds. The van der Waals surface area contributed by atoms with Gasteiger partial charge in [0.1, 0.15) is 0 Å². The van der Waals surface area contributed by atoms with Crippen molar-refractivity contribution in [2.45, 2.75) is 0 Å². The van der Waals surface area contributed by atoms with Crippen molar-refractivity contribution in [1.82, 2.24) is 0 Å². The molecule has 0 radical (unpaired) electrons. The van der Waals surface area contributed by atoms with Crippen LogP contribution in [0.4, 0.5) is 8.78 Å². The Bertz CT molecular complexity index is 1580. The molecule has 0 aliphatic heterocycles. The van der Waals surface area contributed by atoms with Gasteiger partial charge in [-0.15, -0.1) is 0 Å². The monoisotopic (exact) mass is 364 g/mol. The molecule has 0 saturated carbocycles. The van der Waals surface area contributed by atoms with Gasteiger partial charge in [-0.1, -0.05) is 84.9 Å². The van der Waals surface area contributed by atoms with Crippen LogP contribution in [0, 0.1) is 11.6 Å². The van der Waals surface area contributed by atoms with Gasteiger partial charge in [0, 0.05) is 21.5 Å². The zero-order valence-corrected chi connectivity index (χ0v) is 14.8. The Labute approximate surface area is 159 Å². The first-order valence-corrected chi connectivity index (χ1v) is 9.26. The first-order chi connectivity index (χ1) is 13.7. The predicted octanol–water partition coefficient (Wildman–Crippen LogP) is 7.73. The van der Waals surface area contributed by atoms with Crippen molar-refractivity contribution in [3.8, 4) is 0 Å². The van der Waals surface area contributed by atoms with Crippen LogP contribution in [0.2, 0.25) is 0 Å². The zero-order valence-electron chi connectivity index (χ0n) is 14.8. The first-order valence-electron chi connectivity index (χ1n) is 9.26. The number of hydrogen-bond donors (Lipinski definition) is 0. The van der Waals surface area contributed by atoms with Crippen LogP contribution in [0.5, 0.6) is 0 Å². The van der Waals surface area contributed by atoms with E-state index in [-0.39, 0.29) is 0 Å². The SMILES string of the molecule is Fc1c(F)c2ccc3ccc4ccccc4c3c2c2c1ccc1ccccc12. The van der Waals surface area contributed by atoms with Gasteiger partial charge >= 0.3 is 0 Å². The minimum absolute atomic E-state index is 0.323. The standard InChI is InChI=1S/C26H14F2/c27-25-20-13-11-16-6-2-4-8-19(16)23(20)24-21(26(25)28)14-12-17-10-9-15-5-1-3-7-18(15)22(17)24/h1-14H. The van der Waals surface area contributed by atoms with Crippen molar-refractivity contribution >= 4 is 53.9 Å². The first kappa shape index (κ1) is 15.5. The quantitative estimate of drug-likeness (QED) is 0.242. The lowest BCUT2D eigenvalue weighted by atomic mass is 9.90. The molecule has 0 heterocycles. The fourth-order valence-corrected chi connectivity index (χ4v) is 4.50. The lowest BCUT2D eigenvalue weighted by Gasteiger charge is -2.14. The molecule has 0 atom stereocenters. The summed E-state index contributed by atoms with van der Waals surface area (Å²) in [4.78, 5) is 0. The van der Waals surface area contributed by atoms with Gasteiger partial charge in [-0.05, 0) is 32.3 Å². The van der Waals surface area contributed by atoms with E-state index < -0.39 is 11.6 Å². The summed E-state index contributed by atoms with van der Waals surface area (Å²) in [6.07, 6.45) is 0. The lowest BCUT2D eigenvalue weighted by molar-refractivity contribution is 0.525. The van der Waals surface area contributed by atoms with Gasteiger partial charge in [-0.2, -0.15) is 0 Å². The highest BCUT2D eigenvalue weighted by molar-refractivity contribution is 6.32. The summed E-state index contributed by atoms with van der Waals surface area (Å²) in [6.45, 7) is 0. The van der Waals surface area contributed by atoms with E-state index >= 15 is 4.39 Å². The Morgan fingerprint density at radius 1 is 0.357 bits per heavy atom. The average molecular weight is 364 g/mol. The highest BCUT2D eigenvalue weighted by Crippen LogP contribution is 2.41. The van der Waals surface area contributed by atoms with E-state index in [2.05, 4.69) is 18.2 Å². The van der Waals surface area contributed by atoms with Crippen LogP contribution in [0.3, 0.4) is 0 Å². The number of rotatable bonds is 0. The Kier molecular flexibility index (Phi) is 3.05. The largest absolute Gasteiger partial charge is 0.203 e. The van der Waals surface area contributed by atoms with E-state index in [0.717, 1.165) is 43.1 Å². The van der Waals surface area contributed by atoms with Crippen LogP contribution in [-0.2, 0) is 0 Å². The molecule has 6 aromatic rings. The smallest absolute Gasteiger partial charge is 0.167 e. The number of fused-ring (bicyclic) bond motifs is 9. The fourth-order valence-electron chi connectivity index (χ4n) is 4.50. The summed E-state index contributed by atoms with van der Waals surface area (Å²) >= 11 is 0. The van der Waals surface area contributed by atoms with Crippen molar-refractivity contribution in [2.24, 2.45) is 0 Å². The molecular formula is C26H14F2. The van der Waals surface area contributed by atoms with Crippen molar-refractivity contribution in [2.75, 3.05) is 0 Å². The summed E-state index contributed by atoms with van der Waals surface area (Å²) in [5.41, 5.74) is 0. The molecule has 0 aromatic heterocycles. The van der Waals surface area contributed by atoms with E-state index in [9.17, 15) is 4.39 Å². The molecule has 0 aliphatic carbocycles. The molecular weight excluding hydrogens is 350 g/mol. The van der Waals surface area contributed by atoms with Gasteiger partial charge in [0.25, 0.3) is 0 Å². The molecule has 6 aromatic carbocycles. The van der Waals surface area contributed by atoms with Crippen LogP contribution in [0.15, 0.2) is 84.9 Å². The molecule has 0 nitrogen and oxygen atoms in total. The van der Waals surface area contributed by atoms with Gasteiger partial charge in [0.15, 0.2) is 11.6 Å². The van der Waals surface area contributed by atoms with E-state index in [1.807, 2.05) is 54.6 Å². The van der Waals surface area contributed by atoms with Crippen molar-refractivity contribution < 1.29 is 8.78 Å². The Hall–Kier alpha value is -3.52. The summed E-state index contributed by atoms with van der Waals surface area (Å²) in [5, 5.41) is 8.26. The van der Waals surface area contributed by atoms with Crippen molar-refractivity contribution in [3.05, 3.63) is 96.6 Å². The second-order valence-corrected chi connectivity index (χ2v) is 7.21. The number of halogens is 2. The second-order valence-electron chi connectivity index (χ2n) is 7.21. The average Bonchev–Trinajstić information content (AvgIpc) is 2.76. The topological polar surface area (TPSA) is 0 Å². The number of hydrogen-bond acceptors (Lipinski definition) is 0. The van der Waals surface area contributed by atoms with E-state index in [0.29, 0.717) is 10.8 Å². The normalized spacial score (nSPS) is 11.9. The maximum atomic E-state index is 15.1. The van der Waals surface area contributed by atoms with Crippen LogP contribution < -0.4 is 0 Å². The fraction of sp³-hybridized carbons (Fsp3) is 0. The van der Waals surface area contributed by atoms with Crippen LogP contribution in [0.1, 0.15) is 0 Å². The van der Waals surface area contributed by atoms with Crippen LogP contribution in [-0.4, -0.2) is 0 Å². The summed E-state index contributed by atoms with van der Waals surface area (Å²) < 4.78 is 30.1. The van der Waals surface area contributed by atoms with Gasteiger partial charge in [-0.25, -0.2) is 8.78 Å². The molecule has 0 fully saturated rings. The van der Waals surface area contributed by atoms with Gasteiger partial charge in [0.05, 0.1) is 0 Å². The van der Waals surface area contributed by atoms with Gasteiger partial charge in [0.2, 0.25) is 0 Å². The number of benzene rings is 6. The van der Waals surface area contributed by atoms with E-state index in [1.165, 1.54) is 0 Å². The third-order valence-electron chi connectivity index (χ3n) is 5.75. The molecule has 0 bridgehead atoms. The molecule has 0 spiro atoms. The molecule has 28 heavy (non-hydrogen) atoms. The second kappa shape index (κ2) is 5.49. The van der Waals surface area contributed by atoms with Gasteiger partial charge in [-0.3, -0.25) is 0 Å². The molecule has 132 valence electrons. The van der Waals surface area contributed by atoms with Crippen molar-refractivity contribution in [3.63, 3.8) is 0 Å². The Balaban J connectivity index is 2.07. The lowest BCUT2D eigenvalue weighted by Crippen LogP contribution is -1.93. The predicted molar refractivity (Wildman–Crippen MR) is 114 cm³/mol. The molecule has 6 rings (SSSR count). The summed E-state index contributed by atoms with van der Waals surface area (Å²) in [7, 11) is 0. The maximum Gasteiger partial charge on any atom is 0.167 e. The molecule has 2 heteroatoms. The zero-order chi connectivity index (χ0) is 18.8. The summed E-state index contributed by atoms with van der Waals surface area (Å²) in [5.74, 6) is -1.57. The Morgan fingerprint density at radius 3 is 1.50 bits per heavy atom. The Morgan fingerprint density at radius 2 is 0.821 bits per heavy atom. The highest BCUT2D eigenvalue weighted by atomic mass is 19.2. The van der Waals surface area contributed by atoms with E-state index in [4.69, 9.17) is 0 Å². The third-order valence-corrected chi connectivity index (χ3v) is 5.75.